The predicted molar refractivity (Wildman–Crippen MR) is 99.8 cm³/mol. The maximum atomic E-state index is 6.07. The molecule has 0 atom stereocenters. The summed E-state index contributed by atoms with van der Waals surface area (Å²) in [5.41, 5.74) is 12.6. The van der Waals surface area contributed by atoms with Crippen molar-refractivity contribution in [2.75, 3.05) is 19.5 Å². The van der Waals surface area contributed by atoms with Crippen LogP contribution in [0.25, 0.3) is 0 Å². The van der Waals surface area contributed by atoms with Crippen LogP contribution in [0, 0.1) is 0 Å². The number of hydrogen-bond acceptors (Lipinski definition) is 8. The van der Waals surface area contributed by atoms with Crippen LogP contribution in [0.1, 0.15) is 12.5 Å². The summed E-state index contributed by atoms with van der Waals surface area (Å²) in [6, 6.07) is 3.66. The molecule has 0 amide bonds. The average molecular weight is 356 g/mol. The van der Waals surface area contributed by atoms with Gasteiger partial charge in [-0.2, -0.15) is 4.98 Å². The Bertz CT molecular complexity index is 846. The number of hydrogen-bond donors (Lipinski definition) is 3. The fourth-order valence-corrected chi connectivity index (χ4v) is 1.93. The van der Waals surface area contributed by atoms with Gasteiger partial charge >= 0.3 is 6.01 Å². The molecule has 0 aliphatic carbocycles. The summed E-state index contributed by atoms with van der Waals surface area (Å²) >= 11 is 0. The van der Waals surface area contributed by atoms with Crippen molar-refractivity contribution in [3.8, 4) is 11.9 Å². The Morgan fingerprint density at radius 2 is 1.88 bits per heavy atom. The van der Waals surface area contributed by atoms with E-state index in [4.69, 9.17) is 20.9 Å². The van der Waals surface area contributed by atoms with E-state index in [0.29, 0.717) is 28.8 Å². The molecular formula is C16H20N8O2. The molecule has 2 heterocycles. The molecule has 0 radical (unpaired) electrons. The van der Waals surface area contributed by atoms with Crippen LogP contribution in [0.5, 0.6) is 11.9 Å². The third kappa shape index (κ3) is 4.90. The van der Waals surface area contributed by atoms with Crippen molar-refractivity contribution in [1.29, 1.82) is 0 Å². The van der Waals surface area contributed by atoms with Crippen LogP contribution in [-0.4, -0.2) is 40.8 Å². The number of anilines is 2. The van der Waals surface area contributed by atoms with E-state index in [1.807, 2.05) is 0 Å². The van der Waals surface area contributed by atoms with Crippen LogP contribution in [0.3, 0.4) is 0 Å². The molecule has 136 valence electrons. The highest BCUT2D eigenvalue weighted by atomic mass is 16.5. The normalized spacial score (nSPS) is 11.8. The van der Waals surface area contributed by atoms with Crippen LogP contribution in [0.2, 0.25) is 0 Å². The van der Waals surface area contributed by atoms with E-state index in [1.54, 1.807) is 32.4 Å². The molecule has 0 bridgehead atoms. The van der Waals surface area contributed by atoms with Crippen LogP contribution in [-0.2, 0) is 0 Å². The number of nitrogens with zero attached hydrogens (tertiary/aromatic N) is 5. The second kappa shape index (κ2) is 8.42. The van der Waals surface area contributed by atoms with Gasteiger partial charge in [-0.3, -0.25) is 0 Å². The number of aliphatic imine (C=N–C) groups is 2. The summed E-state index contributed by atoms with van der Waals surface area (Å²) in [6.45, 7) is 5.14. The smallest absolute Gasteiger partial charge is 0.318 e. The zero-order valence-corrected chi connectivity index (χ0v) is 14.7. The Hall–Kier alpha value is -3.69. The van der Waals surface area contributed by atoms with E-state index in [9.17, 15) is 0 Å². The van der Waals surface area contributed by atoms with Crippen molar-refractivity contribution in [3.63, 3.8) is 0 Å². The largest absolute Gasteiger partial charge is 0.481 e. The van der Waals surface area contributed by atoms with Crippen molar-refractivity contribution in [3.05, 3.63) is 42.5 Å². The van der Waals surface area contributed by atoms with Crippen molar-refractivity contribution in [2.45, 2.75) is 6.92 Å². The minimum Gasteiger partial charge on any atom is -0.481 e. The highest BCUT2D eigenvalue weighted by molar-refractivity contribution is 6.07. The van der Waals surface area contributed by atoms with Gasteiger partial charge in [-0.15, -0.1) is 0 Å². The van der Waals surface area contributed by atoms with Gasteiger partial charge in [0.2, 0.25) is 5.88 Å². The first-order chi connectivity index (χ1) is 12.4. The molecule has 10 heteroatoms. The second-order valence-corrected chi connectivity index (χ2v) is 4.98. The lowest BCUT2D eigenvalue weighted by Crippen LogP contribution is -2.18. The number of nitrogens with two attached hydrogens (primary N) is 2. The van der Waals surface area contributed by atoms with Gasteiger partial charge in [0.1, 0.15) is 23.3 Å². The molecule has 10 nitrogen and oxygen atoms in total. The predicted octanol–water partition coefficient (Wildman–Crippen LogP) is 1.19. The lowest BCUT2D eigenvalue weighted by molar-refractivity contribution is 0.380. The molecule has 0 aliphatic rings. The first kappa shape index (κ1) is 18.6. The third-order valence-corrected chi connectivity index (χ3v) is 3.02. The zero-order chi connectivity index (χ0) is 19.1. The number of ether oxygens (including phenoxy) is 2. The molecule has 0 saturated heterocycles. The molecule has 5 N–H and O–H groups in total. The summed E-state index contributed by atoms with van der Waals surface area (Å²) < 4.78 is 10.1. The Kier molecular flexibility index (Phi) is 6.04. The number of pyridine rings is 1. The molecule has 2 aromatic heterocycles. The molecule has 0 aliphatic heterocycles. The van der Waals surface area contributed by atoms with E-state index >= 15 is 0 Å². The maximum Gasteiger partial charge on any atom is 0.318 e. The quantitative estimate of drug-likeness (QED) is 0.516. The Morgan fingerprint density at radius 3 is 2.46 bits per heavy atom. The van der Waals surface area contributed by atoms with E-state index in [1.165, 1.54) is 13.3 Å². The minimum absolute atomic E-state index is 0.132. The van der Waals surface area contributed by atoms with Gasteiger partial charge in [0, 0.05) is 12.3 Å². The highest BCUT2D eigenvalue weighted by Crippen LogP contribution is 2.21. The number of nitrogens with one attached hydrogen (secondary N) is 1. The van der Waals surface area contributed by atoms with Gasteiger partial charge in [-0.25, -0.2) is 20.0 Å². The molecule has 2 aromatic rings. The third-order valence-electron chi connectivity index (χ3n) is 3.02. The van der Waals surface area contributed by atoms with Crippen LogP contribution < -0.4 is 26.3 Å². The maximum absolute atomic E-state index is 6.07. The Labute approximate surface area is 150 Å². The summed E-state index contributed by atoms with van der Waals surface area (Å²) in [4.78, 5) is 20.6. The second-order valence-electron chi connectivity index (χ2n) is 4.98. The van der Waals surface area contributed by atoms with Gasteiger partial charge in [-0.05, 0) is 13.0 Å². The SMILES string of the molecule is C=C(N)N=C(C)N=C(N)c1cnc(OC)nc1Nc1ccc(OC)nc1. The number of methoxy groups -OCH3 is 2. The van der Waals surface area contributed by atoms with Crippen molar-refractivity contribution >= 4 is 23.2 Å². The lowest BCUT2D eigenvalue weighted by atomic mass is 10.2. The van der Waals surface area contributed by atoms with Crippen molar-refractivity contribution < 1.29 is 9.47 Å². The van der Waals surface area contributed by atoms with Crippen molar-refractivity contribution in [1.82, 2.24) is 15.0 Å². The molecule has 26 heavy (non-hydrogen) atoms. The topological polar surface area (TPSA) is 146 Å². The van der Waals surface area contributed by atoms with Crippen LogP contribution in [0.4, 0.5) is 11.5 Å². The van der Waals surface area contributed by atoms with Gasteiger partial charge in [0.05, 0.1) is 31.7 Å². The average Bonchev–Trinajstić information content (AvgIpc) is 2.61. The fourth-order valence-electron chi connectivity index (χ4n) is 1.93. The molecular weight excluding hydrogens is 336 g/mol. The monoisotopic (exact) mass is 356 g/mol. The number of rotatable bonds is 6. The van der Waals surface area contributed by atoms with E-state index in [-0.39, 0.29) is 17.7 Å². The molecule has 0 spiro atoms. The van der Waals surface area contributed by atoms with Gasteiger partial charge < -0.3 is 26.3 Å². The van der Waals surface area contributed by atoms with E-state index in [0.717, 1.165) is 0 Å². The Morgan fingerprint density at radius 1 is 1.12 bits per heavy atom. The summed E-state index contributed by atoms with van der Waals surface area (Å²) in [6.07, 6.45) is 3.09. The summed E-state index contributed by atoms with van der Waals surface area (Å²) in [7, 11) is 3.01. The van der Waals surface area contributed by atoms with Gasteiger partial charge in [0.25, 0.3) is 0 Å². The fraction of sp³-hybridized carbons (Fsp3) is 0.188. The minimum atomic E-state index is 0.132. The van der Waals surface area contributed by atoms with Gasteiger partial charge in [-0.1, -0.05) is 6.58 Å². The molecule has 0 saturated carbocycles. The molecule has 0 fully saturated rings. The standard InChI is InChI=1S/C16H20N8O2/c1-9(17)21-10(2)22-14(18)12-8-20-16(26-4)24-15(12)23-11-5-6-13(25-3)19-7-11/h5-8H,1,17H2,2-4H3,(H2,18,21,22)(H,20,23,24). The highest BCUT2D eigenvalue weighted by Gasteiger charge is 2.12. The first-order valence-corrected chi connectivity index (χ1v) is 7.45. The molecule has 0 unspecified atom stereocenters. The summed E-state index contributed by atoms with van der Waals surface area (Å²) in [5.74, 6) is 1.52. The van der Waals surface area contributed by atoms with Crippen molar-refractivity contribution in [2.24, 2.45) is 21.5 Å². The number of amidine groups is 2. The molecule has 2 rings (SSSR count). The first-order valence-electron chi connectivity index (χ1n) is 7.45. The van der Waals surface area contributed by atoms with E-state index in [2.05, 4.69) is 36.8 Å². The summed E-state index contributed by atoms with van der Waals surface area (Å²) in [5, 5.41) is 3.10. The molecule has 0 aromatic carbocycles. The lowest BCUT2D eigenvalue weighted by Gasteiger charge is -2.11. The van der Waals surface area contributed by atoms with Gasteiger partial charge in [0.15, 0.2) is 0 Å². The Balaban J connectivity index is 2.39. The van der Waals surface area contributed by atoms with Crippen LogP contribution >= 0.6 is 0 Å². The number of aromatic nitrogens is 3. The zero-order valence-electron chi connectivity index (χ0n) is 14.7. The van der Waals surface area contributed by atoms with Crippen LogP contribution in [0.15, 0.2) is 46.9 Å². The van der Waals surface area contributed by atoms with E-state index < -0.39 is 0 Å².